The fourth-order valence-corrected chi connectivity index (χ4v) is 1.82. The smallest absolute Gasteiger partial charge is 0.344 e. The zero-order valence-corrected chi connectivity index (χ0v) is 13.3. The minimum atomic E-state index is -0.632. The molecule has 0 aliphatic heterocycles. The Balaban J connectivity index is 1.64. The van der Waals surface area contributed by atoms with Crippen LogP contribution in [0.25, 0.3) is 0 Å². The van der Waals surface area contributed by atoms with Gasteiger partial charge in [-0.3, -0.25) is 4.79 Å². The third kappa shape index (κ3) is 6.08. The van der Waals surface area contributed by atoms with Gasteiger partial charge in [-0.1, -0.05) is 29.8 Å². The van der Waals surface area contributed by atoms with Crippen molar-refractivity contribution in [3.8, 4) is 5.75 Å². The molecular weight excluding hydrogens is 313 g/mol. The van der Waals surface area contributed by atoms with Crippen LogP contribution in [0.4, 0.5) is 4.39 Å². The number of aryl methyl sites for hydroxylation is 1. The number of benzene rings is 2. The zero-order chi connectivity index (χ0) is 17.4. The third-order valence-electron chi connectivity index (χ3n) is 3.14. The Morgan fingerprint density at radius 1 is 1.00 bits per heavy atom. The Hall–Kier alpha value is -2.89. The maximum Gasteiger partial charge on any atom is 0.344 e. The molecule has 0 spiro atoms. The number of hydrogen-bond acceptors (Lipinski definition) is 4. The van der Waals surface area contributed by atoms with Gasteiger partial charge in [-0.05, 0) is 36.8 Å². The van der Waals surface area contributed by atoms with Crippen molar-refractivity contribution in [1.29, 1.82) is 0 Å². The lowest BCUT2D eigenvalue weighted by molar-refractivity contribution is -0.150. The molecule has 5 nitrogen and oxygen atoms in total. The van der Waals surface area contributed by atoms with Crippen molar-refractivity contribution in [2.45, 2.75) is 13.5 Å². The van der Waals surface area contributed by atoms with E-state index in [1.54, 1.807) is 24.3 Å². The summed E-state index contributed by atoms with van der Waals surface area (Å²) in [5.74, 6) is -0.860. The molecule has 0 heterocycles. The Morgan fingerprint density at radius 2 is 1.67 bits per heavy atom. The molecule has 0 saturated carbocycles. The summed E-state index contributed by atoms with van der Waals surface area (Å²) in [6.45, 7) is 1.52. The molecular formula is C18H18FNO4. The molecule has 0 radical (unpaired) electrons. The van der Waals surface area contributed by atoms with Crippen LogP contribution >= 0.6 is 0 Å². The molecule has 0 saturated heterocycles. The lowest BCUT2D eigenvalue weighted by Crippen LogP contribution is -2.29. The quantitative estimate of drug-likeness (QED) is 0.791. The molecule has 24 heavy (non-hydrogen) atoms. The van der Waals surface area contributed by atoms with Gasteiger partial charge < -0.3 is 14.8 Å². The first kappa shape index (κ1) is 17.5. The number of amides is 1. The highest BCUT2D eigenvalue weighted by molar-refractivity contribution is 5.80. The maximum atomic E-state index is 12.8. The summed E-state index contributed by atoms with van der Waals surface area (Å²) in [5, 5.41) is 2.57. The van der Waals surface area contributed by atoms with Crippen molar-refractivity contribution in [3.05, 3.63) is 65.5 Å². The van der Waals surface area contributed by atoms with Gasteiger partial charge in [-0.25, -0.2) is 9.18 Å². The fourth-order valence-electron chi connectivity index (χ4n) is 1.82. The summed E-state index contributed by atoms with van der Waals surface area (Å²) >= 11 is 0. The summed E-state index contributed by atoms with van der Waals surface area (Å²) < 4.78 is 22.8. The van der Waals surface area contributed by atoms with Crippen LogP contribution in [0.3, 0.4) is 0 Å². The van der Waals surface area contributed by atoms with Gasteiger partial charge in [-0.2, -0.15) is 0 Å². The standard InChI is InChI=1S/C18H18FNO4/c1-13-2-8-16(9-3-13)23-12-18(22)24-11-17(21)20-10-14-4-6-15(19)7-5-14/h2-9H,10-12H2,1H3,(H,20,21). The van der Waals surface area contributed by atoms with E-state index in [2.05, 4.69) is 5.32 Å². The van der Waals surface area contributed by atoms with Gasteiger partial charge in [0.2, 0.25) is 0 Å². The van der Waals surface area contributed by atoms with Gasteiger partial charge in [0.05, 0.1) is 0 Å². The lowest BCUT2D eigenvalue weighted by atomic mass is 10.2. The zero-order valence-electron chi connectivity index (χ0n) is 13.3. The predicted octanol–water partition coefficient (Wildman–Crippen LogP) is 2.37. The first-order valence-corrected chi connectivity index (χ1v) is 7.39. The Kier molecular flexibility index (Phi) is 6.31. The molecule has 2 aromatic rings. The molecule has 0 aliphatic carbocycles. The minimum absolute atomic E-state index is 0.233. The van der Waals surface area contributed by atoms with E-state index in [-0.39, 0.29) is 19.0 Å². The van der Waals surface area contributed by atoms with E-state index in [4.69, 9.17) is 9.47 Å². The van der Waals surface area contributed by atoms with Crippen LogP contribution in [-0.4, -0.2) is 25.1 Å². The minimum Gasteiger partial charge on any atom is -0.482 e. The topological polar surface area (TPSA) is 64.6 Å². The second-order valence-electron chi connectivity index (χ2n) is 5.17. The van der Waals surface area contributed by atoms with E-state index in [0.717, 1.165) is 11.1 Å². The first-order valence-electron chi connectivity index (χ1n) is 7.39. The Bertz CT molecular complexity index is 622. The van der Waals surface area contributed by atoms with E-state index in [1.165, 1.54) is 12.1 Å². The van der Waals surface area contributed by atoms with Crippen LogP contribution in [0.2, 0.25) is 0 Å². The number of ether oxygens (including phenoxy) is 2. The molecule has 1 amide bonds. The molecule has 0 unspecified atom stereocenters. The van der Waals surface area contributed by atoms with E-state index < -0.39 is 18.5 Å². The molecule has 2 rings (SSSR count). The average molecular weight is 331 g/mol. The number of nitrogens with one attached hydrogen (secondary N) is 1. The summed E-state index contributed by atoms with van der Waals surface area (Å²) in [5.41, 5.74) is 1.83. The van der Waals surface area contributed by atoms with Crippen molar-refractivity contribution < 1.29 is 23.5 Å². The second kappa shape index (κ2) is 8.67. The van der Waals surface area contributed by atoms with Crippen molar-refractivity contribution in [1.82, 2.24) is 5.32 Å². The molecule has 126 valence electrons. The van der Waals surface area contributed by atoms with Crippen LogP contribution in [-0.2, 0) is 20.9 Å². The number of esters is 1. The van der Waals surface area contributed by atoms with E-state index in [9.17, 15) is 14.0 Å². The van der Waals surface area contributed by atoms with Crippen LogP contribution in [0.5, 0.6) is 5.75 Å². The summed E-state index contributed by atoms with van der Waals surface area (Å²) in [6, 6.07) is 13.0. The van der Waals surface area contributed by atoms with Gasteiger partial charge in [0, 0.05) is 6.54 Å². The highest BCUT2D eigenvalue weighted by Crippen LogP contribution is 2.11. The Morgan fingerprint density at radius 3 is 2.33 bits per heavy atom. The van der Waals surface area contributed by atoms with Gasteiger partial charge in [0.1, 0.15) is 11.6 Å². The largest absolute Gasteiger partial charge is 0.482 e. The number of carbonyl (C=O) groups is 2. The van der Waals surface area contributed by atoms with Gasteiger partial charge >= 0.3 is 5.97 Å². The highest BCUT2D eigenvalue weighted by Gasteiger charge is 2.08. The van der Waals surface area contributed by atoms with Gasteiger partial charge in [0.15, 0.2) is 13.2 Å². The molecule has 0 bridgehead atoms. The van der Waals surface area contributed by atoms with Crippen molar-refractivity contribution in [2.24, 2.45) is 0 Å². The first-order chi connectivity index (χ1) is 11.5. The maximum absolute atomic E-state index is 12.8. The number of halogens is 1. The molecule has 6 heteroatoms. The molecule has 1 N–H and O–H groups in total. The van der Waals surface area contributed by atoms with Crippen molar-refractivity contribution in [2.75, 3.05) is 13.2 Å². The van der Waals surface area contributed by atoms with Crippen LogP contribution in [0, 0.1) is 12.7 Å². The second-order valence-corrected chi connectivity index (χ2v) is 5.17. The average Bonchev–Trinajstić information content (AvgIpc) is 2.59. The lowest BCUT2D eigenvalue weighted by Gasteiger charge is -2.08. The third-order valence-corrected chi connectivity index (χ3v) is 3.14. The normalized spacial score (nSPS) is 10.1. The van der Waals surface area contributed by atoms with Crippen molar-refractivity contribution in [3.63, 3.8) is 0 Å². The fraction of sp³-hybridized carbons (Fsp3) is 0.222. The molecule has 0 fully saturated rings. The summed E-state index contributed by atoms with van der Waals surface area (Å²) in [6.07, 6.45) is 0. The monoisotopic (exact) mass is 331 g/mol. The van der Waals surface area contributed by atoms with E-state index in [1.807, 2.05) is 19.1 Å². The van der Waals surface area contributed by atoms with Crippen LogP contribution in [0.15, 0.2) is 48.5 Å². The van der Waals surface area contributed by atoms with Gasteiger partial charge in [-0.15, -0.1) is 0 Å². The molecule has 0 aromatic heterocycles. The Labute approximate surface area is 139 Å². The molecule has 0 atom stereocenters. The van der Waals surface area contributed by atoms with Crippen molar-refractivity contribution >= 4 is 11.9 Å². The summed E-state index contributed by atoms with van der Waals surface area (Å²) in [7, 11) is 0. The van der Waals surface area contributed by atoms with E-state index >= 15 is 0 Å². The number of carbonyl (C=O) groups excluding carboxylic acids is 2. The van der Waals surface area contributed by atoms with E-state index in [0.29, 0.717) is 5.75 Å². The molecule has 2 aromatic carbocycles. The van der Waals surface area contributed by atoms with Crippen LogP contribution in [0.1, 0.15) is 11.1 Å². The van der Waals surface area contributed by atoms with Gasteiger partial charge in [0.25, 0.3) is 5.91 Å². The van der Waals surface area contributed by atoms with Crippen LogP contribution < -0.4 is 10.1 Å². The number of hydrogen-bond donors (Lipinski definition) is 1. The predicted molar refractivity (Wildman–Crippen MR) is 85.9 cm³/mol. The number of rotatable bonds is 7. The SMILES string of the molecule is Cc1ccc(OCC(=O)OCC(=O)NCc2ccc(F)cc2)cc1. The summed E-state index contributed by atoms with van der Waals surface area (Å²) in [4.78, 5) is 23.1. The highest BCUT2D eigenvalue weighted by atomic mass is 19.1. The molecule has 0 aliphatic rings.